The van der Waals surface area contributed by atoms with Gasteiger partial charge in [-0.1, -0.05) is 115 Å². The van der Waals surface area contributed by atoms with Crippen LogP contribution in [0.15, 0.2) is 164 Å². The van der Waals surface area contributed by atoms with Gasteiger partial charge in [0.2, 0.25) is 5.69 Å². The first-order valence-corrected chi connectivity index (χ1v) is 19.8. The quantitative estimate of drug-likeness (QED) is 0.132. The largest absolute Gasteiger partial charge is 0.318 e. The number of benzene rings is 9. The van der Waals surface area contributed by atoms with Gasteiger partial charge in [-0.3, -0.25) is 4.98 Å². The van der Waals surface area contributed by atoms with Gasteiger partial charge in [-0.15, -0.1) is 0 Å². The van der Waals surface area contributed by atoms with Crippen molar-refractivity contribution in [3.05, 3.63) is 181 Å². The van der Waals surface area contributed by atoms with Crippen molar-refractivity contribution in [2.75, 3.05) is 0 Å². The van der Waals surface area contributed by atoms with Crippen LogP contribution in [0, 0.1) is 17.9 Å². The fourth-order valence-corrected chi connectivity index (χ4v) is 10.3. The van der Waals surface area contributed by atoms with Gasteiger partial charge in [-0.2, -0.15) is 5.26 Å². The number of rotatable bonds is 4. The van der Waals surface area contributed by atoms with E-state index in [2.05, 4.69) is 116 Å². The lowest BCUT2D eigenvalue weighted by Crippen LogP contribution is -2.08. The van der Waals surface area contributed by atoms with Crippen LogP contribution in [-0.4, -0.2) is 24.1 Å². The van der Waals surface area contributed by atoms with E-state index in [1.807, 2.05) is 67.0 Å². The molecule has 0 bridgehead atoms. The van der Waals surface area contributed by atoms with Crippen molar-refractivity contribution in [2.24, 2.45) is 0 Å². The Morgan fingerprint density at radius 3 is 1.57 bits per heavy atom. The van der Waals surface area contributed by atoms with Crippen molar-refractivity contribution >= 4 is 92.6 Å². The summed E-state index contributed by atoms with van der Waals surface area (Å²) < 4.78 is 4.55. The van der Waals surface area contributed by atoms with Crippen molar-refractivity contribution in [1.82, 2.24) is 24.1 Å². The lowest BCUT2D eigenvalue weighted by molar-refractivity contribution is 1.13. The summed E-state index contributed by atoms with van der Waals surface area (Å²) in [6.07, 6.45) is 5.36. The van der Waals surface area contributed by atoms with Crippen LogP contribution < -0.4 is 0 Å². The number of nitrogens with zero attached hydrogens (tertiary/aromatic N) is 7. The Morgan fingerprint density at radius 1 is 0.483 bits per heavy atom. The molecule has 0 saturated carbocycles. The fraction of sp³-hybridized carbons (Fsp3) is 0. The minimum Gasteiger partial charge on any atom is -0.318 e. The number of pyridine rings is 1. The lowest BCUT2D eigenvalue weighted by atomic mass is 9.88. The van der Waals surface area contributed by atoms with Gasteiger partial charge in [0.15, 0.2) is 0 Å². The molecule has 0 aliphatic carbocycles. The summed E-state index contributed by atoms with van der Waals surface area (Å²) in [6.45, 7) is 9.15. The molecule has 0 atom stereocenters. The van der Waals surface area contributed by atoms with Crippen LogP contribution in [0.25, 0.3) is 125 Å². The topological polar surface area (TPSA) is 76.7 Å². The Hall–Kier alpha value is -8.65. The maximum absolute atomic E-state index is 11.7. The molecule has 13 aromatic rings. The van der Waals surface area contributed by atoms with E-state index in [-0.39, 0.29) is 0 Å². The second-order valence-electron chi connectivity index (χ2n) is 15.3. The minimum absolute atomic E-state index is 0.402. The van der Waals surface area contributed by atoms with Crippen molar-refractivity contribution in [3.8, 4) is 39.7 Å². The first kappa shape index (κ1) is 32.4. The highest BCUT2D eigenvalue weighted by atomic mass is 15.0. The van der Waals surface area contributed by atoms with E-state index in [0.717, 1.165) is 104 Å². The zero-order valence-corrected chi connectivity index (χ0v) is 31.7. The van der Waals surface area contributed by atoms with Crippen molar-refractivity contribution in [3.63, 3.8) is 0 Å². The van der Waals surface area contributed by atoms with Gasteiger partial charge in [-0.05, 0) is 52.2 Å². The summed E-state index contributed by atoms with van der Waals surface area (Å²) in [7, 11) is 0. The molecule has 7 heteroatoms. The second-order valence-corrected chi connectivity index (χ2v) is 15.3. The van der Waals surface area contributed by atoms with Crippen LogP contribution >= 0.6 is 0 Å². The molecule has 0 fully saturated rings. The van der Waals surface area contributed by atoms with E-state index in [4.69, 9.17) is 16.5 Å². The molecule has 0 saturated heterocycles. The summed E-state index contributed by atoms with van der Waals surface area (Å²) in [5, 5.41) is 22.3. The Kier molecular flexibility index (Phi) is 6.45. The molecule has 13 rings (SSSR count). The monoisotopic (exact) mass is 761 g/mol. The zero-order valence-electron chi connectivity index (χ0n) is 31.7. The highest BCUT2D eigenvalue weighted by molar-refractivity contribution is 6.35. The first-order chi connectivity index (χ1) is 29.8. The molecule has 0 unspecified atom stereocenters. The van der Waals surface area contributed by atoms with E-state index >= 15 is 0 Å². The van der Waals surface area contributed by atoms with Gasteiger partial charge in [0, 0.05) is 66.6 Å². The van der Waals surface area contributed by atoms with Gasteiger partial charge in [0.1, 0.15) is 12.4 Å². The van der Waals surface area contributed by atoms with E-state index < -0.39 is 0 Å². The average molecular weight is 762 g/mol. The predicted molar refractivity (Wildman–Crippen MR) is 243 cm³/mol. The third-order valence-corrected chi connectivity index (χ3v) is 12.5. The number of fused-ring (bicyclic) bond motifs is 6. The Labute approximate surface area is 341 Å². The van der Waals surface area contributed by atoms with Gasteiger partial charge in [0.25, 0.3) is 0 Å². The Bertz CT molecular complexity index is 3620. The van der Waals surface area contributed by atoms with Gasteiger partial charge < -0.3 is 9.13 Å². The molecular weight excluding hydrogens is 735 g/mol. The number of hydrogen-bond acceptors (Lipinski definition) is 4. The Balaban J connectivity index is 1.33. The standard InChI is InChI=1S/C53H27N7/c1-55-51-43(30-13-4-2-5-14-30)37(27-54)52(59-39-22-9-18-33-38-28-56-29-58-50(38)36-20-11-24-41(59)48(36)46(33)39)44(31-15-6-3-7-16-31)53(51)60-40-23-8-17-32-34-21-12-26-57-49(34)35-19-10-25-42(60)47(35)45(32)40/h2-26,28-29H. The van der Waals surface area contributed by atoms with Crippen LogP contribution in [0.5, 0.6) is 0 Å². The molecular formula is C53H27N7. The first-order valence-electron chi connectivity index (χ1n) is 19.8. The predicted octanol–water partition coefficient (Wildman–Crippen LogP) is 13.3. The molecule has 0 amide bonds. The molecule has 274 valence electrons. The second kappa shape index (κ2) is 11.9. The SMILES string of the molecule is [C-]#[N+]c1c(-c2ccccc2)c(C#N)c(-n2c3cccc4c5cncnc5c5cccc2c5c43)c(-c2ccccc2)c1-n1c2cccc3c4cccnc4c4cccc1c4c32. The lowest BCUT2D eigenvalue weighted by Gasteiger charge is -2.25. The van der Waals surface area contributed by atoms with Crippen LogP contribution in [0.4, 0.5) is 5.69 Å². The van der Waals surface area contributed by atoms with Crippen LogP contribution in [-0.2, 0) is 0 Å². The van der Waals surface area contributed by atoms with Crippen LogP contribution in [0.3, 0.4) is 0 Å². The van der Waals surface area contributed by atoms with Gasteiger partial charge >= 0.3 is 0 Å². The third-order valence-electron chi connectivity index (χ3n) is 12.5. The van der Waals surface area contributed by atoms with Crippen molar-refractivity contribution < 1.29 is 0 Å². The molecule has 0 aliphatic rings. The van der Waals surface area contributed by atoms with Crippen molar-refractivity contribution in [2.45, 2.75) is 0 Å². The third kappa shape index (κ3) is 4.02. The molecule has 0 N–H and O–H groups in total. The summed E-state index contributed by atoms with van der Waals surface area (Å²) >= 11 is 0. The van der Waals surface area contributed by atoms with Crippen LogP contribution in [0.1, 0.15) is 5.56 Å². The normalized spacial score (nSPS) is 12.0. The molecule has 4 aromatic heterocycles. The number of hydrogen-bond donors (Lipinski definition) is 0. The molecule has 60 heavy (non-hydrogen) atoms. The maximum atomic E-state index is 11.7. The highest BCUT2D eigenvalue weighted by Gasteiger charge is 2.33. The zero-order chi connectivity index (χ0) is 39.6. The summed E-state index contributed by atoms with van der Waals surface area (Å²) in [4.78, 5) is 18.7. The van der Waals surface area contributed by atoms with E-state index in [0.29, 0.717) is 28.2 Å². The van der Waals surface area contributed by atoms with E-state index in [9.17, 15) is 5.26 Å². The minimum atomic E-state index is 0.402. The van der Waals surface area contributed by atoms with E-state index in [1.54, 1.807) is 6.33 Å². The Morgan fingerprint density at radius 2 is 0.983 bits per heavy atom. The smallest absolute Gasteiger partial charge is 0.220 e. The fourth-order valence-electron chi connectivity index (χ4n) is 10.3. The summed E-state index contributed by atoms with van der Waals surface area (Å²) in [5.74, 6) is 0. The number of nitriles is 1. The summed E-state index contributed by atoms with van der Waals surface area (Å²) in [6, 6.07) is 52.5. The molecule has 0 spiro atoms. The number of aromatic nitrogens is 5. The van der Waals surface area contributed by atoms with Crippen LogP contribution in [0.2, 0.25) is 0 Å². The molecule has 0 aliphatic heterocycles. The highest BCUT2D eigenvalue weighted by Crippen LogP contribution is 2.54. The summed E-state index contributed by atoms with van der Waals surface area (Å²) in [5.41, 5.74) is 10.9. The molecule has 4 heterocycles. The van der Waals surface area contributed by atoms with Crippen molar-refractivity contribution in [1.29, 1.82) is 5.26 Å². The molecule has 7 nitrogen and oxygen atoms in total. The maximum Gasteiger partial charge on any atom is 0.220 e. The van der Waals surface area contributed by atoms with Gasteiger partial charge in [-0.25, -0.2) is 14.8 Å². The van der Waals surface area contributed by atoms with E-state index in [1.165, 1.54) is 0 Å². The average Bonchev–Trinajstić information content (AvgIpc) is 3.84. The van der Waals surface area contributed by atoms with Gasteiger partial charge in [0.05, 0.1) is 56.6 Å². The molecule has 0 radical (unpaired) electrons. The molecule has 9 aromatic carbocycles.